The zero-order chi connectivity index (χ0) is 13.8. The highest BCUT2D eigenvalue weighted by molar-refractivity contribution is 5.78. The van der Waals surface area contributed by atoms with Gasteiger partial charge in [-0.2, -0.15) is 13.2 Å². The second kappa shape index (κ2) is 6.03. The van der Waals surface area contributed by atoms with E-state index in [2.05, 4.69) is 5.32 Å². The summed E-state index contributed by atoms with van der Waals surface area (Å²) in [5, 5.41) is 2.47. The minimum absolute atomic E-state index is 0.148. The number of hydrogen-bond acceptors (Lipinski definition) is 3. The lowest BCUT2D eigenvalue weighted by molar-refractivity contribution is -0.162. The summed E-state index contributed by atoms with van der Waals surface area (Å²) >= 11 is 0. The van der Waals surface area contributed by atoms with Gasteiger partial charge >= 0.3 is 6.18 Å². The van der Waals surface area contributed by atoms with Crippen molar-refractivity contribution in [2.75, 3.05) is 39.8 Å². The third-order valence-electron chi connectivity index (χ3n) is 2.72. The minimum Gasteiger partial charge on any atom is -0.358 e. The number of piperazine rings is 1. The molecule has 0 atom stereocenters. The first-order valence-corrected chi connectivity index (χ1v) is 5.59. The van der Waals surface area contributed by atoms with Crippen LogP contribution in [0.3, 0.4) is 0 Å². The molecular formula is C10H16F3N3O2. The fraction of sp³-hybridized carbons (Fsp3) is 0.800. The number of carbonyl (C=O) groups excluding carboxylic acids is 2. The zero-order valence-corrected chi connectivity index (χ0v) is 10.1. The van der Waals surface area contributed by atoms with E-state index < -0.39 is 18.5 Å². The molecule has 8 heteroatoms. The fourth-order valence-electron chi connectivity index (χ4n) is 1.72. The molecule has 1 saturated heterocycles. The molecule has 0 saturated carbocycles. The van der Waals surface area contributed by atoms with Gasteiger partial charge in [0.25, 0.3) is 0 Å². The van der Waals surface area contributed by atoms with E-state index in [1.54, 1.807) is 4.90 Å². The molecule has 2 amide bonds. The molecule has 1 heterocycles. The lowest BCUT2D eigenvalue weighted by Gasteiger charge is -2.34. The van der Waals surface area contributed by atoms with Crippen molar-refractivity contribution < 1.29 is 22.8 Å². The van der Waals surface area contributed by atoms with E-state index in [1.165, 1.54) is 11.9 Å². The van der Waals surface area contributed by atoms with Crippen molar-refractivity contribution in [1.82, 2.24) is 15.1 Å². The first kappa shape index (κ1) is 14.7. The summed E-state index contributed by atoms with van der Waals surface area (Å²) in [5.74, 6) is -1.05. The van der Waals surface area contributed by atoms with Crippen molar-refractivity contribution in [2.45, 2.75) is 12.6 Å². The van der Waals surface area contributed by atoms with Crippen LogP contribution in [-0.4, -0.2) is 67.6 Å². The molecule has 104 valence electrons. The van der Waals surface area contributed by atoms with Crippen LogP contribution in [-0.2, 0) is 9.59 Å². The molecule has 0 aromatic heterocycles. The van der Waals surface area contributed by atoms with Crippen molar-refractivity contribution in [2.24, 2.45) is 0 Å². The quantitative estimate of drug-likeness (QED) is 0.772. The second-order valence-corrected chi connectivity index (χ2v) is 4.12. The minimum atomic E-state index is -4.46. The van der Waals surface area contributed by atoms with Crippen LogP contribution in [0.15, 0.2) is 0 Å². The van der Waals surface area contributed by atoms with Crippen LogP contribution in [0.1, 0.15) is 6.42 Å². The van der Waals surface area contributed by atoms with Crippen molar-refractivity contribution in [1.29, 1.82) is 0 Å². The largest absolute Gasteiger partial charge is 0.397 e. The molecule has 1 aliphatic rings. The molecule has 0 radical (unpaired) electrons. The van der Waals surface area contributed by atoms with Crippen LogP contribution in [0.25, 0.3) is 0 Å². The highest BCUT2D eigenvalue weighted by Gasteiger charge is 2.34. The lowest BCUT2D eigenvalue weighted by atomic mass is 10.2. The average Bonchev–Trinajstić information content (AvgIpc) is 2.27. The maximum absolute atomic E-state index is 12.0. The molecule has 1 rings (SSSR count). The molecule has 0 bridgehead atoms. The van der Waals surface area contributed by atoms with Gasteiger partial charge in [0.15, 0.2) is 0 Å². The smallest absolute Gasteiger partial charge is 0.358 e. The Morgan fingerprint density at radius 3 is 2.17 bits per heavy atom. The van der Waals surface area contributed by atoms with Gasteiger partial charge in [-0.05, 0) is 0 Å². The van der Waals surface area contributed by atoms with Gasteiger partial charge in [-0.25, -0.2) is 0 Å². The Kier molecular flexibility index (Phi) is 4.94. The van der Waals surface area contributed by atoms with Crippen LogP contribution in [0.4, 0.5) is 13.2 Å². The molecule has 0 aliphatic carbocycles. The summed E-state index contributed by atoms with van der Waals surface area (Å²) < 4.78 is 36.1. The van der Waals surface area contributed by atoms with Gasteiger partial charge in [-0.15, -0.1) is 0 Å². The van der Waals surface area contributed by atoms with E-state index in [9.17, 15) is 22.8 Å². The number of alkyl halides is 3. The molecule has 5 nitrogen and oxygen atoms in total. The molecule has 0 unspecified atom stereocenters. The third-order valence-corrected chi connectivity index (χ3v) is 2.72. The topological polar surface area (TPSA) is 52.7 Å². The predicted octanol–water partition coefficient (Wildman–Crippen LogP) is -0.171. The van der Waals surface area contributed by atoms with Gasteiger partial charge < -0.3 is 10.2 Å². The second-order valence-electron chi connectivity index (χ2n) is 4.12. The molecule has 1 aliphatic heterocycles. The molecule has 18 heavy (non-hydrogen) atoms. The van der Waals surface area contributed by atoms with Gasteiger partial charge in [0, 0.05) is 33.2 Å². The number of carbonyl (C=O) groups is 2. The van der Waals surface area contributed by atoms with Crippen molar-refractivity contribution >= 4 is 11.8 Å². The summed E-state index contributed by atoms with van der Waals surface area (Å²) in [6.07, 6.45) is -5.88. The van der Waals surface area contributed by atoms with Crippen molar-refractivity contribution in [3.63, 3.8) is 0 Å². The number of nitrogens with one attached hydrogen (secondary N) is 1. The number of amides is 2. The van der Waals surface area contributed by atoms with E-state index in [1.807, 2.05) is 0 Å². The Labute approximate surface area is 103 Å². The fourth-order valence-corrected chi connectivity index (χ4v) is 1.72. The Bertz CT molecular complexity index is 312. The van der Waals surface area contributed by atoms with E-state index in [4.69, 9.17) is 0 Å². The zero-order valence-electron chi connectivity index (χ0n) is 10.1. The van der Waals surface area contributed by atoms with Gasteiger partial charge in [0.1, 0.15) is 6.42 Å². The highest BCUT2D eigenvalue weighted by Crippen LogP contribution is 2.21. The Hall–Kier alpha value is -1.31. The third kappa shape index (κ3) is 4.91. The number of halogens is 3. The number of nitrogens with zero attached hydrogens (tertiary/aromatic N) is 2. The Balaban J connectivity index is 2.35. The average molecular weight is 267 g/mol. The number of likely N-dealkylation sites (N-methyl/N-ethyl adjacent to an activating group) is 1. The van der Waals surface area contributed by atoms with Crippen LogP contribution >= 0.6 is 0 Å². The maximum Gasteiger partial charge on any atom is 0.397 e. The predicted molar refractivity (Wildman–Crippen MR) is 57.8 cm³/mol. The number of hydrogen-bond donors (Lipinski definition) is 1. The molecule has 0 aromatic carbocycles. The first-order chi connectivity index (χ1) is 8.31. The van der Waals surface area contributed by atoms with Gasteiger partial charge in [-0.3, -0.25) is 14.5 Å². The summed E-state index contributed by atoms with van der Waals surface area (Å²) in [4.78, 5) is 25.4. The molecular weight excluding hydrogens is 251 g/mol. The SMILES string of the molecule is CNC(=O)CN1CCN(C(=O)CC(F)(F)F)CC1. The molecule has 1 fully saturated rings. The van der Waals surface area contributed by atoms with Crippen LogP contribution in [0.2, 0.25) is 0 Å². The van der Waals surface area contributed by atoms with Crippen LogP contribution < -0.4 is 5.32 Å². The highest BCUT2D eigenvalue weighted by atomic mass is 19.4. The van der Waals surface area contributed by atoms with Crippen molar-refractivity contribution in [3.05, 3.63) is 0 Å². The van der Waals surface area contributed by atoms with E-state index in [0.717, 1.165) is 0 Å². The van der Waals surface area contributed by atoms with Crippen molar-refractivity contribution in [3.8, 4) is 0 Å². The molecule has 1 N–H and O–H groups in total. The first-order valence-electron chi connectivity index (χ1n) is 5.59. The van der Waals surface area contributed by atoms with Gasteiger partial charge in [0.05, 0.1) is 6.54 Å². The van der Waals surface area contributed by atoms with E-state index in [0.29, 0.717) is 13.1 Å². The lowest BCUT2D eigenvalue weighted by Crippen LogP contribution is -2.51. The maximum atomic E-state index is 12.0. The van der Waals surface area contributed by atoms with Crippen LogP contribution in [0, 0.1) is 0 Å². The summed E-state index contributed by atoms with van der Waals surface area (Å²) in [6, 6.07) is 0. The molecule has 0 aromatic rings. The summed E-state index contributed by atoms with van der Waals surface area (Å²) in [5.41, 5.74) is 0. The summed E-state index contributed by atoms with van der Waals surface area (Å²) in [6.45, 7) is 1.49. The normalized spacial score (nSPS) is 17.7. The monoisotopic (exact) mass is 267 g/mol. The molecule has 0 spiro atoms. The Morgan fingerprint density at radius 2 is 1.72 bits per heavy atom. The standard InChI is InChI=1S/C10H16F3N3O2/c1-14-8(17)7-15-2-4-16(5-3-15)9(18)6-10(11,12)13/h2-7H2,1H3,(H,14,17). The van der Waals surface area contributed by atoms with E-state index >= 15 is 0 Å². The van der Waals surface area contributed by atoms with Gasteiger partial charge in [-0.1, -0.05) is 0 Å². The van der Waals surface area contributed by atoms with E-state index in [-0.39, 0.29) is 25.5 Å². The van der Waals surface area contributed by atoms with Gasteiger partial charge in [0.2, 0.25) is 11.8 Å². The number of rotatable bonds is 3. The van der Waals surface area contributed by atoms with Crippen LogP contribution in [0.5, 0.6) is 0 Å². The Morgan fingerprint density at radius 1 is 1.17 bits per heavy atom. The summed E-state index contributed by atoms with van der Waals surface area (Å²) in [7, 11) is 1.52.